The average Bonchev–Trinajstić information content (AvgIpc) is 2.27. The Morgan fingerprint density at radius 1 is 1.47 bits per heavy atom. The van der Waals surface area contributed by atoms with Gasteiger partial charge in [-0.15, -0.1) is 0 Å². The summed E-state index contributed by atoms with van der Waals surface area (Å²) in [6.45, 7) is 1.57. The summed E-state index contributed by atoms with van der Waals surface area (Å²) in [6, 6.07) is 6.41. The second-order valence-corrected chi connectivity index (χ2v) is 3.73. The number of anilines is 1. The molecule has 0 spiro atoms. The number of hydrogen-bond donors (Lipinski definition) is 2. The molecule has 0 saturated heterocycles. The Labute approximate surface area is 99.9 Å². The van der Waals surface area contributed by atoms with Crippen molar-refractivity contribution in [1.29, 1.82) is 0 Å². The number of carbonyl (C=O) groups excluding carboxylic acids is 2. The van der Waals surface area contributed by atoms with Gasteiger partial charge in [-0.3, -0.25) is 4.79 Å². The van der Waals surface area contributed by atoms with Gasteiger partial charge in [0.15, 0.2) is 0 Å². The Morgan fingerprint density at radius 3 is 2.76 bits per heavy atom. The summed E-state index contributed by atoms with van der Waals surface area (Å²) >= 11 is 0. The number of carbonyl (C=O) groups is 2. The molecule has 0 bridgehead atoms. The lowest BCUT2D eigenvalue weighted by molar-refractivity contribution is -0.144. The highest BCUT2D eigenvalue weighted by molar-refractivity contribution is 5.85. The van der Waals surface area contributed by atoms with Crippen LogP contribution in [-0.4, -0.2) is 25.0 Å². The Morgan fingerprint density at radius 2 is 2.18 bits per heavy atom. The van der Waals surface area contributed by atoms with Gasteiger partial charge in [-0.1, -0.05) is 12.1 Å². The van der Waals surface area contributed by atoms with Gasteiger partial charge in [0, 0.05) is 5.69 Å². The van der Waals surface area contributed by atoms with Crippen molar-refractivity contribution in [2.24, 2.45) is 0 Å². The summed E-state index contributed by atoms with van der Waals surface area (Å²) in [5, 5.41) is 2.54. The quantitative estimate of drug-likeness (QED) is 0.589. The predicted octanol–water partition coefficient (Wildman–Crippen LogP) is 0.489. The minimum absolute atomic E-state index is 0.187. The molecule has 92 valence electrons. The molecule has 0 heterocycles. The van der Waals surface area contributed by atoms with Crippen molar-refractivity contribution in [3.8, 4) is 0 Å². The van der Waals surface area contributed by atoms with Crippen LogP contribution in [0.15, 0.2) is 24.3 Å². The normalized spacial score (nSPS) is 11.6. The van der Waals surface area contributed by atoms with Crippen LogP contribution in [0, 0.1) is 0 Å². The molecule has 0 aliphatic heterocycles. The van der Waals surface area contributed by atoms with Crippen LogP contribution >= 0.6 is 0 Å². The summed E-state index contributed by atoms with van der Waals surface area (Å²) < 4.78 is 4.51. The van der Waals surface area contributed by atoms with Gasteiger partial charge < -0.3 is 15.8 Å². The van der Waals surface area contributed by atoms with Crippen molar-refractivity contribution in [2.75, 3.05) is 12.8 Å². The Bertz CT molecular complexity index is 418. The van der Waals surface area contributed by atoms with E-state index in [9.17, 15) is 9.59 Å². The van der Waals surface area contributed by atoms with Gasteiger partial charge in [0.2, 0.25) is 5.91 Å². The number of nitrogens with two attached hydrogens (primary N) is 1. The van der Waals surface area contributed by atoms with E-state index in [1.807, 2.05) is 0 Å². The fraction of sp³-hybridized carbons (Fsp3) is 0.333. The Hall–Kier alpha value is -2.04. The fourth-order valence-corrected chi connectivity index (χ4v) is 1.42. The molecule has 1 amide bonds. The van der Waals surface area contributed by atoms with E-state index in [0.717, 1.165) is 5.56 Å². The van der Waals surface area contributed by atoms with Crippen LogP contribution in [0.4, 0.5) is 5.69 Å². The molecule has 0 aliphatic carbocycles. The number of nitrogen functional groups attached to an aromatic ring is 1. The van der Waals surface area contributed by atoms with Crippen molar-refractivity contribution >= 4 is 17.6 Å². The van der Waals surface area contributed by atoms with Gasteiger partial charge in [-0.2, -0.15) is 0 Å². The van der Waals surface area contributed by atoms with Crippen LogP contribution < -0.4 is 11.1 Å². The molecule has 5 nitrogen and oxygen atoms in total. The maximum absolute atomic E-state index is 11.6. The lowest BCUT2D eigenvalue weighted by Crippen LogP contribution is -2.39. The zero-order valence-electron chi connectivity index (χ0n) is 9.90. The molecular weight excluding hydrogens is 220 g/mol. The lowest BCUT2D eigenvalue weighted by atomic mass is 10.1. The number of ether oxygens (including phenoxy) is 1. The number of nitrogens with one attached hydrogen (secondary N) is 1. The van der Waals surface area contributed by atoms with Gasteiger partial charge in [0.25, 0.3) is 0 Å². The third-order valence-corrected chi connectivity index (χ3v) is 2.25. The van der Waals surface area contributed by atoms with Crippen molar-refractivity contribution in [1.82, 2.24) is 5.32 Å². The SMILES string of the molecule is COC(=O)[C@H](C)NC(=O)Cc1cccc(N)c1. The second-order valence-electron chi connectivity index (χ2n) is 3.73. The van der Waals surface area contributed by atoms with E-state index in [2.05, 4.69) is 10.1 Å². The van der Waals surface area contributed by atoms with Crippen molar-refractivity contribution in [3.63, 3.8) is 0 Å². The van der Waals surface area contributed by atoms with Crippen LogP contribution in [0.1, 0.15) is 12.5 Å². The first kappa shape index (κ1) is 13.0. The Kier molecular flexibility index (Phi) is 4.51. The molecule has 0 aliphatic rings. The van der Waals surface area contributed by atoms with Crippen molar-refractivity contribution in [3.05, 3.63) is 29.8 Å². The van der Waals surface area contributed by atoms with E-state index < -0.39 is 12.0 Å². The highest BCUT2D eigenvalue weighted by Gasteiger charge is 2.15. The lowest BCUT2D eigenvalue weighted by Gasteiger charge is -2.11. The van der Waals surface area contributed by atoms with Crippen LogP contribution in [0.3, 0.4) is 0 Å². The van der Waals surface area contributed by atoms with Crippen molar-refractivity contribution in [2.45, 2.75) is 19.4 Å². The first-order chi connectivity index (χ1) is 8.02. The van der Waals surface area contributed by atoms with Gasteiger partial charge in [0.1, 0.15) is 6.04 Å². The monoisotopic (exact) mass is 236 g/mol. The number of methoxy groups -OCH3 is 1. The molecule has 0 unspecified atom stereocenters. The summed E-state index contributed by atoms with van der Waals surface area (Å²) in [5.74, 6) is -0.709. The smallest absolute Gasteiger partial charge is 0.328 e. The Balaban J connectivity index is 2.53. The molecule has 0 radical (unpaired) electrons. The van der Waals surface area contributed by atoms with Crippen LogP contribution in [0.2, 0.25) is 0 Å². The minimum atomic E-state index is -0.645. The third kappa shape index (κ3) is 4.14. The zero-order chi connectivity index (χ0) is 12.8. The van der Waals surface area contributed by atoms with Gasteiger partial charge in [0.05, 0.1) is 13.5 Å². The highest BCUT2D eigenvalue weighted by atomic mass is 16.5. The molecular formula is C12H16N2O3. The van der Waals surface area contributed by atoms with E-state index in [1.165, 1.54) is 7.11 Å². The van der Waals surface area contributed by atoms with Crippen LogP contribution in [0.5, 0.6) is 0 Å². The van der Waals surface area contributed by atoms with Gasteiger partial charge in [-0.05, 0) is 24.6 Å². The molecule has 1 aromatic carbocycles. The molecule has 3 N–H and O–H groups in total. The standard InChI is InChI=1S/C12H16N2O3/c1-8(12(16)17-2)14-11(15)7-9-4-3-5-10(13)6-9/h3-6,8H,7,13H2,1-2H3,(H,14,15)/t8-/m0/s1. The number of hydrogen-bond acceptors (Lipinski definition) is 4. The van der Waals surface area contributed by atoms with Gasteiger partial charge in [-0.25, -0.2) is 4.79 Å². The maximum atomic E-state index is 11.6. The molecule has 17 heavy (non-hydrogen) atoms. The first-order valence-corrected chi connectivity index (χ1v) is 5.24. The van der Waals surface area contributed by atoms with E-state index in [-0.39, 0.29) is 12.3 Å². The second kappa shape index (κ2) is 5.89. The summed E-state index contributed by atoms with van der Waals surface area (Å²) in [6.07, 6.45) is 0.187. The van der Waals surface area contributed by atoms with E-state index in [4.69, 9.17) is 5.73 Å². The molecule has 0 fully saturated rings. The molecule has 0 aromatic heterocycles. The average molecular weight is 236 g/mol. The number of esters is 1. The summed E-state index contributed by atoms with van der Waals surface area (Å²) in [4.78, 5) is 22.7. The topological polar surface area (TPSA) is 81.4 Å². The zero-order valence-corrected chi connectivity index (χ0v) is 9.90. The number of rotatable bonds is 4. The van der Waals surface area contributed by atoms with Crippen LogP contribution in [0.25, 0.3) is 0 Å². The molecule has 5 heteroatoms. The number of amides is 1. The fourth-order valence-electron chi connectivity index (χ4n) is 1.42. The molecule has 1 rings (SSSR count). The van der Waals surface area contributed by atoms with E-state index in [1.54, 1.807) is 31.2 Å². The first-order valence-electron chi connectivity index (χ1n) is 5.24. The highest BCUT2D eigenvalue weighted by Crippen LogP contribution is 2.07. The predicted molar refractivity (Wildman–Crippen MR) is 64.2 cm³/mol. The molecule has 1 atom stereocenters. The molecule has 1 aromatic rings. The number of benzene rings is 1. The van der Waals surface area contributed by atoms with Gasteiger partial charge >= 0.3 is 5.97 Å². The molecule has 0 saturated carbocycles. The largest absolute Gasteiger partial charge is 0.467 e. The van der Waals surface area contributed by atoms with E-state index in [0.29, 0.717) is 5.69 Å². The minimum Gasteiger partial charge on any atom is -0.467 e. The van der Waals surface area contributed by atoms with Crippen LogP contribution in [-0.2, 0) is 20.7 Å². The van der Waals surface area contributed by atoms with Crippen molar-refractivity contribution < 1.29 is 14.3 Å². The third-order valence-electron chi connectivity index (χ3n) is 2.25. The summed E-state index contributed by atoms with van der Waals surface area (Å²) in [5.41, 5.74) is 7.01. The maximum Gasteiger partial charge on any atom is 0.328 e. The summed E-state index contributed by atoms with van der Waals surface area (Å²) in [7, 11) is 1.28. The van der Waals surface area contributed by atoms with E-state index >= 15 is 0 Å².